The fourth-order valence-corrected chi connectivity index (χ4v) is 5.02. The van der Waals surface area contributed by atoms with Gasteiger partial charge in [-0.3, -0.25) is 19.2 Å². The molecule has 0 spiro atoms. The summed E-state index contributed by atoms with van der Waals surface area (Å²) in [5.41, 5.74) is 1.88. The topological polar surface area (TPSA) is 117 Å². The van der Waals surface area contributed by atoms with E-state index in [9.17, 15) is 19.2 Å². The van der Waals surface area contributed by atoms with E-state index in [0.29, 0.717) is 25.4 Å². The fraction of sp³-hybridized carbons (Fsp3) is 0.556. The number of nitrogens with zero attached hydrogens (tertiary/aromatic N) is 1. The zero-order valence-electron chi connectivity index (χ0n) is 28.1. The first-order valence-electron chi connectivity index (χ1n) is 16.5. The molecule has 248 valence electrons. The first kappa shape index (κ1) is 37.3. The van der Waals surface area contributed by atoms with E-state index in [1.165, 1.54) is 6.92 Å². The molecule has 0 bridgehead atoms. The van der Waals surface area contributed by atoms with Gasteiger partial charge in [0.15, 0.2) is 0 Å². The molecule has 0 fully saturated rings. The second kappa shape index (κ2) is 20.2. The van der Waals surface area contributed by atoms with Crippen molar-refractivity contribution in [2.24, 2.45) is 5.92 Å². The molecule has 0 heterocycles. The van der Waals surface area contributed by atoms with Gasteiger partial charge < -0.3 is 25.6 Å². The van der Waals surface area contributed by atoms with Crippen LogP contribution in [0.2, 0.25) is 0 Å². The maximum absolute atomic E-state index is 13.4. The number of hydrogen-bond donors (Lipinski definition) is 3. The predicted octanol–water partition coefficient (Wildman–Crippen LogP) is 5.17. The molecule has 0 aliphatic carbocycles. The van der Waals surface area contributed by atoms with E-state index >= 15 is 0 Å². The lowest BCUT2D eigenvalue weighted by molar-refractivity contribution is -0.137. The number of carbonyl (C=O) groups excluding carboxylic acids is 4. The molecule has 4 amide bonds. The Bertz CT molecular complexity index is 1180. The lowest BCUT2D eigenvalue weighted by Crippen LogP contribution is -2.58. The van der Waals surface area contributed by atoms with E-state index in [-0.39, 0.29) is 24.2 Å². The summed E-state index contributed by atoms with van der Waals surface area (Å²) >= 11 is 0. The Morgan fingerprint density at radius 1 is 0.733 bits per heavy atom. The molecule has 9 nitrogen and oxygen atoms in total. The van der Waals surface area contributed by atoms with Crippen molar-refractivity contribution in [3.63, 3.8) is 0 Å². The first-order valence-corrected chi connectivity index (χ1v) is 16.5. The highest BCUT2D eigenvalue weighted by molar-refractivity contribution is 5.94. The van der Waals surface area contributed by atoms with Crippen LogP contribution in [-0.2, 0) is 32.2 Å². The number of unbranched alkanes of at least 4 members (excludes halogenated alkanes) is 4. The van der Waals surface area contributed by atoms with Crippen molar-refractivity contribution in [2.75, 3.05) is 13.1 Å². The number of nitrogens with one attached hydrogen (secondary N) is 3. The van der Waals surface area contributed by atoms with Crippen LogP contribution in [0, 0.1) is 5.92 Å². The van der Waals surface area contributed by atoms with E-state index in [1.807, 2.05) is 73.3 Å². The van der Waals surface area contributed by atoms with Crippen LogP contribution in [0.25, 0.3) is 0 Å². The lowest BCUT2D eigenvalue weighted by atomic mass is 10.0. The standard InChI is InChI=1S/C36H54N4O5/c1-7-9-14-22-40(23-15-10-8-2)36(44)27(5)37-35(43)33(26(3)4)39-34(42)32(38-28(6)41)24-29-18-20-31(21-19-29)45-25-30-16-12-11-13-17-30/h11-13,16-21,26-27,32-33H,7-10,14-15,22-25H2,1-6H3,(H,37,43)(H,38,41)(H,39,42)/t27-,32-,33-/m0/s1. The Balaban J connectivity index is 2.04. The summed E-state index contributed by atoms with van der Waals surface area (Å²) in [5, 5.41) is 8.40. The Morgan fingerprint density at radius 3 is 1.87 bits per heavy atom. The first-order chi connectivity index (χ1) is 21.5. The summed E-state index contributed by atoms with van der Waals surface area (Å²) in [4.78, 5) is 54.0. The van der Waals surface area contributed by atoms with Gasteiger partial charge in [-0.1, -0.05) is 95.8 Å². The Labute approximate surface area is 269 Å². The van der Waals surface area contributed by atoms with Crippen molar-refractivity contribution in [2.45, 2.75) is 111 Å². The molecule has 2 aromatic rings. The van der Waals surface area contributed by atoms with Crippen LogP contribution in [0.3, 0.4) is 0 Å². The number of carbonyl (C=O) groups is 4. The van der Waals surface area contributed by atoms with Gasteiger partial charge >= 0.3 is 0 Å². The maximum Gasteiger partial charge on any atom is 0.244 e. The molecule has 9 heteroatoms. The van der Waals surface area contributed by atoms with Crippen molar-refractivity contribution in [3.8, 4) is 5.75 Å². The molecule has 45 heavy (non-hydrogen) atoms. The van der Waals surface area contributed by atoms with Crippen LogP contribution in [0.1, 0.15) is 91.2 Å². The van der Waals surface area contributed by atoms with Crippen LogP contribution in [0.15, 0.2) is 54.6 Å². The second-order valence-corrected chi connectivity index (χ2v) is 12.1. The lowest BCUT2D eigenvalue weighted by Gasteiger charge is -2.29. The van der Waals surface area contributed by atoms with Crippen LogP contribution in [0.4, 0.5) is 0 Å². The van der Waals surface area contributed by atoms with Gasteiger partial charge in [0.2, 0.25) is 23.6 Å². The summed E-state index contributed by atoms with van der Waals surface area (Å²) in [6, 6.07) is 14.7. The number of amides is 4. The van der Waals surface area contributed by atoms with Crippen molar-refractivity contribution >= 4 is 23.6 Å². The molecule has 0 aromatic heterocycles. The molecule has 2 aromatic carbocycles. The Hall–Kier alpha value is -3.88. The van der Waals surface area contributed by atoms with Crippen molar-refractivity contribution < 1.29 is 23.9 Å². The van der Waals surface area contributed by atoms with Gasteiger partial charge in [-0.25, -0.2) is 0 Å². The van der Waals surface area contributed by atoms with Crippen LogP contribution in [0.5, 0.6) is 5.75 Å². The van der Waals surface area contributed by atoms with E-state index in [1.54, 1.807) is 6.92 Å². The molecular weight excluding hydrogens is 568 g/mol. The maximum atomic E-state index is 13.4. The number of ether oxygens (including phenoxy) is 1. The van der Waals surface area contributed by atoms with Gasteiger partial charge in [-0.2, -0.15) is 0 Å². The van der Waals surface area contributed by atoms with Crippen LogP contribution in [-0.4, -0.2) is 59.7 Å². The quantitative estimate of drug-likeness (QED) is 0.176. The molecule has 0 radical (unpaired) electrons. The monoisotopic (exact) mass is 622 g/mol. The summed E-state index contributed by atoms with van der Waals surface area (Å²) in [7, 11) is 0. The van der Waals surface area contributed by atoms with Crippen LogP contribution < -0.4 is 20.7 Å². The normalized spacial score (nSPS) is 13.0. The molecular formula is C36H54N4O5. The minimum absolute atomic E-state index is 0.114. The molecule has 0 aliphatic rings. The largest absolute Gasteiger partial charge is 0.489 e. The summed E-state index contributed by atoms with van der Waals surface area (Å²) in [5.74, 6) is -0.922. The van der Waals surface area contributed by atoms with Gasteiger partial charge in [-0.15, -0.1) is 0 Å². The number of hydrogen-bond acceptors (Lipinski definition) is 5. The molecule has 2 rings (SSSR count). The average molecular weight is 623 g/mol. The Morgan fingerprint density at radius 2 is 1.33 bits per heavy atom. The number of benzene rings is 2. The SMILES string of the molecule is CCCCCN(CCCCC)C(=O)[C@H](C)NC(=O)[C@@H](NC(=O)[C@H](Cc1ccc(OCc2ccccc2)cc1)NC(C)=O)C(C)C. The minimum atomic E-state index is -0.890. The summed E-state index contributed by atoms with van der Waals surface area (Å²) in [6.07, 6.45) is 6.29. The van der Waals surface area contributed by atoms with Crippen LogP contribution >= 0.6 is 0 Å². The highest BCUT2D eigenvalue weighted by Gasteiger charge is 2.31. The van der Waals surface area contributed by atoms with Gasteiger partial charge in [-0.05, 0) is 48.9 Å². The summed E-state index contributed by atoms with van der Waals surface area (Å²) < 4.78 is 5.86. The van der Waals surface area contributed by atoms with Crippen molar-refractivity contribution in [1.82, 2.24) is 20.9 Å². The third-order valence-corrected chi connectivity index (χ3v) is 7.66. The average Bonchev–Trinajstić information content (AvgIpc) is 3.02. The molecule has 0 unspecified atom stereocenters. The van der Waals surface area contributed by atoms with E-state index < -0.39 is 29.9 Å². The zero-order chi connectivity index (χ0) is 33.2. The smallest absolute Gasteiger partial charge is 0.244 e. The molecule has 0 aliphatic heterocycles. The fourth-order valence-electron chi connectivity index (χ4n) is 5.02. The third kappa shape index (κ3) is 13.7. The minimum Gasteiger partial charge on any atom is -0.489 e. The van der Waals surface area contributed by atoms with Gasteiger partial charge in [0.1, 0.15) is 30.5 Å². The van der Waals surface area contributed by atoms with E-state index in [2.05, 4.69) is 29.8 Å². The van der Waals surface area contributed by atoms with Gasteiger partial charge in [0.25, 0.3) is 0 Å². The highest BCUT2D eigenvalue weighted by Crippen LogP contribution is 2.16. The molecule has 0 saturated heterocycles. The van der Waals surface area contributed by atoms with Gasteiger partial charge in [0, 0.05) is 26.4 Å². The highest BCUT2D eigenvalue weighted by atomic mass is 16.5. The van der Waals surface area contributed by atoms with E-state index in [4.69, 9.17) is 4.74 Å². The molecule has 3 N–H and O–H groups in total. The second-order valence-electron chi connectivity index (χ2n) is 12.1. The molecule has 0 saturated carbocycles. The Kier molecular flexibility index (Phi) is 16.8. The molecule has 3 atom stereocenters. The summed E-state index contributed by atoms with van der Waals surface area (Å²) in [6.45, 7) is 12.7. The number of rotatable bonds is 20. The van der Waals surface area contributed by atoms with Gasteiger partial charge in [0.05, 0.1) is 0 Å². The van der Waals surface area contributed by atoms with Crippen molar-refractivity contribution in [3.05, 3.63) is 65.7 Å². The third-order valence-electron chi connectivity index (χ3n) is 7.66. The predicted molar refractivity (Wildman–Crippen MR) is 179 cm³/mol. The van der Waals surface area contributed by atoms with Crippen molar-refractivity contribution in [1.29, 1.82) is 0 Å². The van der Waals surface area contributed by atoms with E-state index in [0.717, 1.165) is 49.7 Å². The zero-order valence-corrected chi connectivity index (χ0v) is 28.1.